The fourth-order valence-electron chi connectivity index (χ4n) is 3.18. The highest BCUT2D eigenvalue weighted by atomic mass is 16.5. The highest BCUT2D eigenvalue weighted by Crippen LogP contribution is 2.25. The summed E-state index contributed by atoms with van der Waals surface area (Å²) < 4.78 is 5.46. The van der Waals surface area contributed by atoms with Gasteiger partial charge in [0.15, 0.2) is 0 Å². The van der Waals surface area contributed by atoms with Gasteiger partial charge in [0.25, 0.3) is 0 Å². The van der Waals surface area contributed by atoms with Crippen LogP contribution in [0.4, 0.5) is 0 Å². The number of nitrogens with zero attached hydrogens (tertiary/aromatic N) is 1. The molecule has 2 aliphatic rings. The lowest BCUT2D eigenvalue weighted by Crippen LogP contribution is -2.51. The number of carbonyl (C=O) groups is 2. The summed E-state index contributed by atoms with van der Waals surface area (Å²) in [4.78, 5) is 25.2. The molecule has 2 fully saturated rings. The van der Waals surface area contributed by atoms with E-state index in [1.54, 1.807) is 4.90 Å². The van der Waals surface area contributed by atoms with E-state index in [4.69, 9.17) is 4.74 Å². The molecule has 6 nitrogen and oxygen atoms in total. The summed E-state index contributed by atoms with van der Waals surface area (Å²) in [5.41, 5.74) is 0. The molecule has 3 unspecified atom stereocenters. The van der Waals surface area contributed by atoms with Crippen molar-refractivity contribution in [3.63, 3.8) is 0 Å². The van der Waals surface area contributed by atoms with Crippen LogP contribution in [-0.2, 0) is 14.3 Å². The van der Waals surface area contributed by atoms with Crippen molar-refractivity contribution in [1.29, 1.82) is 0 Å². The molecule has 2 heterocycles. The minimum Gasteiger partial charge on any atom is -0.480 e. The van der Waals surface area contributed by atoms with Crippen molar-refractivity contribution < 1.29 is 19.4 Å². The SMILES string of the molecule is CCC1CCN(CC(=O)NCC2CCCO2)C(C(=O)O)C1. The first-order chi connectivity index (χ1) is 10.1. The summed E-state index contributed by atoms with van der Waals surface area (Å²) in [6.45, 7) is 4.24. The van der Waals surface area contributed by atoms with Gasteiger partial charge < -0.3 is 15.2 Å². The lowest BCUT2D eigenvalue weighted by atomic mass is 9.89. The number of ether oxygens (including phenoxy) is 1. The van der Waals surface area contributed by atoms with Crippen molar-refractivity contribution in [2.45, 2.75) is 51.2 Å². The molecule has 2 saturated heterocycles. The van der Waals surface area contributed by atoms with Gasteiger partial charge in [-0.2, -0.15) is 0 Å². The number of aliphatic carboxylic acids is 1. The second-order valence-corrected chi connectivity index (χ2v) is 6.06. The van der Waals surface area contributed by atoms with E-state index in [9.17, 15) is 14.7 Å². The molecule has 0 aromatic carbocycles. The van der Waals surface area contributed by atoms with Crippen molar-refractivity contribution in [2.24, 2.45) is 5.92 Å². The van der Waals surface area contributed by atoms with Crippen LogP contribution < -0.4 is 5.32 Å². The summed E-state index contributed by atoms with van der Waals surface area (Å²) in [6, 6.07) is -0.530. The molecule has 2 aliphatic heterocycles. The summed E-state index contributed by atoms with van der Waals surface area (Å²) in [5, 5.41) is 12.2. The van der Waals surface area contributed by atoms with Crippen molar-refractivity contribution >= 4 is 11.9 Å². The van der Waals surface area contributed by atoms with Crippen LogP contribution >= 0.6 is 0 Å². The van der Waals surface area contributed by atoms with E-state index in [0.717, 1.165) is 32.3 Å². The Morgan fingerprint density at radius 3 is 2.81 bits per heavy atom. The molecule has 2 N–H and O–H groups in total. The van der Waals surface area contributed by atoms with Crippen molar-refractivity contribution in [2.75, 3.05) is 26.2 Å². The van der Waals surface area contributed by atoms with Gasteiger partial charge in [0, 0.05) is 13.2 Å². The fourth-order valence-corrected chi connectivity index (χ4v) is 3.18. The van der Waals surface area contributed by atoms with Gasteiger partial charge in [0.05, 0.1) is 12.6 Å². The topological polar surface area (TPSA) is 78.9 Å². The minimum absolute atomic E-state index is 0.105. The third-order valence-corrected chi connectivity index (χ3v) is 4.58. The lowest BCUT2D eigenvalue weighted by Gasteiger charge is -2.36. The zero-order chi connectivity index (χ0) is 15.2. The Hall–Kier alpha value is -1.14. The van der Waals surface area contributed by atoms with Crippen molar-refractivity contribution in [3.05, 3.63) is 0 Å². The van der Waals surface area contributed by atoms with Crippen LogP contribution in [0.1, 0.15) is 39.0 Å². The third kappa shape index (κ3) is 4.68. The molecule has 120 valence electrons. The highest BCUT2D eigenvalue weighted by molar-refractivity contribution is 5.80. The summed E-state index contributed by atoms with van der Waals surface area (Å²) >= 11 is 0. The van der Waals surface area contributed by atoms with Gasteiger partial charge in [-0.1, -0.05) is 13.3 Å². The van der Waals surface area contributed by atoms with Crippen LogP contribution in [0.25, 0.3) is 0 Å². The molecule has 6 heteroatoms. The van der Waals surface area contributed by atoms with Gasteiger partial charge >= 0.3 is 5.97 Å². The molecule has 3 atom stereocenters. The molecule has 0 spiro atoms. The van der Waals surface area contributed by atoms with Crippen LogP contribution in [0.3, 0.4) is 0 Å². The number of likely N-dealkylation sites (tertiary alicyclic amines) is 1. The monoisotopic (exact) mass is 298 g/mol. The third-order valence-electron chi connectivity index (χ3n) is 4.58. The van der Waals surface area contributed by atoms with E-state index in [-0.39, 0.29) is 18.6 Å². The molecular formula is C15H26N2O4. The van der Waals surface area contributed by atoms with Crippen LogP contribution in [0, 0.1) is 5.92 Å². The number of carboxylic acid groups (broad SMARTS) is 1. The summed E-state index contributed by atoms with van der Waals surface area (Å²) in [6.07, 6.45) is 4.77. The standard InChI is InChI=1S/C15H26N2O4/c1-2-11-5-6-17(13(8-11)15(19)20)10-14(18)16-9-12-4-3-7-21-12/h11-13H,2-10H2,1H3,(H,16,18)(H,19,20). The second kappa shape index (κ2) is 7.75. The minimum atomic E-state index is -0.819. The Morgan fingerprint density at radius 1 is 1.38 bits per heavy atom. The second-order valence-electron chi connectivity index (χ2n) is 6.06. The first-order valence-electron chi connectivity index (χ1n) is 7.95. The molecule has 1 amide bonds. The zero-order valence-corrected chi connectivity index (χ0v) is 12.7. The average Bonchev–Trinajstić information content (AvgIpc) is 2.98. The molecule has 0 radical (unpaired) electrons. The molecule has 0 aliphatic carbocycles. The number of nitrogens with one attached hydrogen (secondary N) is 1. The smallest absolute Gasteiger partial charge is 0.320 e. The van der Waals surface area contributed by atoms with E-state index in [0.29, 0.717) is 25.4 Å². The maximum atomic E-state index is 12.0. The first kappa shape index (κ1) is 16.2. The van der Waals surface area contributed by atoms with E-state index >= 15 is 0 Å². The predicted molar refractivity (Wildman–Crippen MR) is 78.0 cm³/mol. The maximum absolute atomic E-state index is 12.0. The van der Waals surface area contributed by atoms with E-state index in [2.05, 4.69) is 12.2 Å². The Morgan fingerprint density at radius 2 is 2.19 bits per heavy atom. The van der Waals surface area contributed by atoms with Gasteiger partial charge in [0.1, 0.15) is 6.04 Å². The molecular weight excluding hydrogens is 272 g/mol. The van der Waals surface area contributed by atoms with Gasteiger partial charge in [0.2, 0.25) is 5.91 Å². The highest BCUT2D eigenvalue weighted by Gasteiger charge is 2.33. The Labute approximate surface area is 125 Å². The van der Waals surface area contributed by atoms with E-state index in [1.165, 1.54) is 0 Å². The van der Waals surface area contributed by atoms with Crippen LogP contribution in [-0.4, -0.2) is 60.3 Å². The number of carboxylic acids is 1. The Bertz CT molecular complexity index is 369. The normalized spacial score (nSPS) is 30.2. The molecule has 0 aromatic heterocycles. The number of piperidine rings is 1. The van der Waals surface area contributed by atoms with Gasteiger partial charge in [-0.05, 0) is 38.1 Å². The first-order valence-corrected chi connectivity index (χ1v) is 7.95. The number of hydrogen-bond acceptors (Lipinski definition) is 4. The Balaban J connectivity index is 1.79. The molecule has 0 saturated carbocycles. The largest absolute Gasteiger partial charge is 0.480 e. The average molecular weight is 298 g/mol. The molecule has 0 bridgehead atoms. The van der Waals surface area contributed by atoms with Crippen LogP contribution in [0.2, 0.25) is 0 Å². The molecule has 21 heavy (non-hydrogen) atoms. The number of carbonyl (C=O) groups excluding carboxylic acids is 1. The quantitative estimate of drug-likeness (QED) is 0.760. The Kier molecular flexibility index (Phi) is 5.99. The summed E-state index contributed by atoms with van der Waals surface area (Å²) in [7, 11) is 0. The number of rotatable bonds is 6. The number of amides is 1. The molecule has 2 rings (SSSR count). The molecule has 0 aromatic rings. The summed E-state index contributed by atoms with van der Waals surface area (Å²) in [5.74, 6) is -0.468. The van der Waals surface area contributed by atoms with E-state index in [1.807, 2.05) is 0 Å². The van der Waals surface area contributed by atoms with Crippen LogP contribution in [0.5, 0.6) is 0 Å². The predicted octanol–water partition coefficient (Wildman–Crippen LogP) is 0.857. The fraction of sp³-hybridized carbons (Fsp3) is 0.867. The van der Waals surface area contributed by atoms with Gasteiger partial charge in [-0.15, -0.1) is 0 Å². The number of hydrogen-bond donors (Lipinski definition) is 2. The van der Waals surface area contributed by atoms with Gasteiger partial charge in [-0.25, -0.2) is 0 Å². The maximum Gasteiger partial charge on any atom is 0.320 e. The van der Waals surface area contributed by atoms with Gasteiger partial charge in [-0.3, -0.25) is 14.5 Å². The zero-order valence-electron chi connectivity index (χ0n) is 12.7. The van der Waals surface area contributed by atoms with Crippen LogP contribution in [0.15, 0.2) is 0 Å². The van der Waals surface area contributed by atoms with Crippen molar-refractivity contribution in [3.8, 4) is 0 Å². The van der Waals surface area contributed by atoms with E-state index < -0.39 is 12.0 Å². The lowest BCUT2D eigenvalue weighted by molar-refractivity contribution is -0.146. The van der Waals surface area contributed by atoms with Crippen molar-refractivity contribution in [1.82, 2.24) is 10.2 Å².